The van der Waals surface area contributed by atoms with Crippen LogP contribution in [0.3, 0.4) is 0 Å². The SMILES string of the molecule is CCC(=O)N[C@H](C)c1nc2ccccc2n1Cc1ccccc1Cl. The molecule has 0 aliphatic rings. The summed E-state index contributed by atoms with van der Waals surface area (Å²) < 4.78 is 2.12. The zero-order valence-electron chi connectivity index (χ0n) is 13.8. The van der Waals surface area contributed by atoms with E-state index in [9.17, 15) is 4.79 Å². The van der Waals surface area contributed by atoms with Crippen molar-refractivity contribution in [2.24, 2.45) is 0 Å². The molecule has 2 aromatic carbocycles. The first kappa shape index (κ1) is 16.5. The van der Waals surface area contributed by atoms with E-state index < -0.39 is 0 Å². The number of aromatic nitrogens is 2. The maximum Gasteiger partial charge on any atom is 0.220 e. The topological polar surface area (TPSA) is 46.9 Å². The number of hydrogen-bond acceptors (Lipinski definition) is 2. The van der Waals surface area contributed by atoms with Crippen molar-refractivity contribution < 1.29 is 4.79 Å². The maximum atomic E-state index is 11.8. The normalized spacial score (nSPS) is 12.3. The Labute approximate surface area is 146 Å². The minimum Gasteiger partial charge on any atom is -0.346 e. The highest BCUT2D eigenvalue weighted by Crippen LogP contribution is 2.24. The molecule has 124 valence electrons. The van der Waals surface area contributed by atoms with Crippen molar-refractivity contribution in [3.05, 3.63) is 64.9 Å². The number of nitrogens with zero attached hydrogens (tertiary/aromatic N) is 2. The Hall–Kier alpha value is -2.33. The number of para-hydroxylation sites is 2. The number of amides is 1. The van der Waals surface area contributed by atoms with Crippen LogP contribution >= 0.6 is 11.6 Å². The predicted molar refractivity (Wildman–Crippen MR) is 97.1 cm³/mol. The van der Waals surface area contributed by atoms with Crippen LogP contribution in [-0.2, 0) is 11.3 Å². The number of benzene rings is 2. The number of nitrogens with one attached hydrogen (secondary N) is 1. The lowest BCUT2D eigenvalue weighted by Gasteiger charge is -2.16. The standard InChI is InChI=1S/C19H20ClN3O/c1-3-18(24)21-13(2)19-22-16-10-6-7-11-17(16)23(19)12-14-8-4-5-9-15(14)20/h4-11,13H,3,12H2,1-2H3,(H,21,24)/t13-/m1/s1. The van der Waals surface area contributed by atoms with Gasteiger partial charge in [0.25, 0.3) is 0 Å². The monoisotopic (exact) mass is 341 g/mol. The van der Waals surface area contributed by atoms with Crippen molar-refractivity contribution in [3.8, 4) is 0 Å². The average molecular weight is 342 g/mol. The van der Waals surface area contributed by atoms with Crippen LogP contribution in [0.5, 0.6) is 0 Å². The van der Waals surface area contributed by atoms with Crippen molar-refractivity contribution in [1.29, 1.82) is 0 Å². The molecule has 0 saturated heterocycles. The predicted octanol–water partition coefficient (Wildman–Crippen LogP) is 4.33. The summed E-state index contributed by atoms with van der Waals surface area (Å²) in [5.41, 5.74) is 2.97. The molecule has 1 aromatic heterocycles. The van der Waals surface area contributed by atoms with Crippen molar-refractivity contribution in [1.82, 2.24) is 14.9 Å². The minimum absolute atomic E-state index is 0.0128. The van der Waals surface area contributed by atoms with Crippen LogP contribution in [0.4, 0.5) is 0 Å². The lowest BCUT2D eigenvalue weighted by Crippen LogP contribution is -2.28. The van der Waals surface area contributed by atoms with E-state index in [4.69, 9.17) is 16.6 Å². The molecule has 0 aliphatic carbocycles. The molecular weight excluding hydrogens is 322 g/mol. The Morgan fingerprint density at radius 3 is 2.67 bits per heavy atom. The fourth-order valence-electron chi connectivity index (χ4n) is 2.80. The summed E-state index contributed by atoms with van der Waals surface area (Å²) in [5, 5.41) is 3.72. The molecule has 0 saturated carbocycles. The van der Waals surface area contributed by atoms with Crippen molar-refractivity contribution in [2.75, 3.05) is 0 Å². The van der Waals surface area contributed by atoms with E-state index in [0.29, 0.717) is 13.0 Å². The number of hydrogen-bond donors (Lipinski definition) is 1. The van der Waals surface area contributed by atoms with E-state index in [2.05, 4.69) is 9.88 Å². The van der Waals surface area contributed by atoms with Gasteiger partial charge in [-0.2, -0.15) is 0 Å². The van der Waals surface area contributed by atoms with Gasteiger partial charge in [0.1, 0.15) is 5.82 Å². The molecule has 1 heterocycles. The smallest absolute Gasteiger partial charge is 0.220 e. The summed E-state index contributed by atoms with van der Waals surface area (Å²) in [6.07, 6.45) is 0.453. The highest BCUT2D eigenvalue weighted by atomic mass is 35.5. The molecular formula is C19H20ClN3O. The van der Waals surface area contributed by atoms with Gasteiger partial charge in [-0.1, -0.05) is 48.9 Å². The van der Waals surface area contributed by atoms with Crippen LogP contribution < -0.4 is 5.32 Å². The van der Waals surface area contributed by atoms with Crippen molar-refractivity contribution >= 4 is 28.5 Å². The maximum absolute atomic E-state index is 11.8. The van der Waals surface area contributed by atoms with E-state index in [0.717, 1.165) is 27.4 Å². The van der Waals surface area contributed by atoms with E-state index in [1.54, 1.807) is 0 Å². The van der Waals surface area contributed by atoms with Crippen LogP contribution in [0, 0.1) is 0 Å². The third-order valence-corrected chi connectivity index (χ3v) is 4.43. The molecule has 4 nitrogen and oxygen atoms in total. The molecule has 3 rings (SSSR count). The van der Waals surface area contributed by atoms with Gasteiger partial charge in [-0.25, -0.2) is 4.98 Å². The summed E-state index contributed by atoms with van der Waals surface area (Å²) in [7, 11) is 0. The molecule has 5 heteroatoms. The number of carbonyl (C=O) groups is 1. The Kier molecular flexibility index (Phi) is 4.86. The summed E-state index contributed by atoms with van der Waals surface area (Å²) in [5.74, 6) is 0.844. The van der Waals surface area contributed by atoms with E-state index in [1.165, 1.54) is 0 Å². The van der Waals surface area contributed by atoms with Crippen LogP contribution in [0.1, 0.15) is 37.7 Å². The van der Waals surface area contributed by atoms with Crippen LogP contribution in [0.2, 0.25) is 5.02 Å². The Bertz CT molecular complexity index is 872. The number of carbonyl (C=O) groups excluding carboxylic acids is 1. The lowest BCUT2D eigenvalue weighted by molar-refractivity contribution is -0.121. The number of fused-ring (bicyclic) bond motifs is 1. The second-order valence-corrected chi connectivity index (χ2v) is 6.19. The third kappa shape index (κ3) is 3.29. The Morgan fingerprint density at radius 1 is 1.21 bits per heavy atom. The molecule has 1 amide bonds. The first-order valence-corrected chi connectivity index (χ1v) is 8.46. The van der Waals surface area contributed by atoms with Crippen LogP contribution in [0.25, 0.3) is 11.0 Å². The fraction of sp³-hybridized carbons (Fsp3) is 0.263. The van der Waals surface area contributed by atoms with E-state index in [1.807, 2.05) is 62.4 Å². The summed E-state index contributed by atoms with van der Waals surface area (Å²) in [6.45, 7) is 4.41. The highest BCUT2D eigenvalue weighted by Gasteiger charge is 2.18. The van der Waals surface area contributed by atoms with Gasteiger partial charge in [-0.15, -0.1) is 0 Å². The molecule has 1 atom stereocenters. The second kappa shape index (κ2) is 7.05. The zero-order valence-corrected chi connectivity index (χ0v) is 14.5. The largest absolute Gasteiger partial charge is 0.346 e. The molecule has 0 aliphatic heterocycles. The van der Waals surface area contributed by atoms with E-state index in [-0.39, 0.29) is 11.9 Å². The van der Waals surface area contributed by atoms with Gasteiger partial charge in [0.2, 0.25) is 5.91 Å². The van der Waals surface area contributed by atoms with Gasteiger partial charge >= 0.3 is 0 Å². The quantitative estimate of drug-likeness (QED) is 0.751. The second-order valence-electron chi connectivity index (χ2n) is 5.78. The zero-order chi connectivity index (χ0) is 17.1. The van der Waals surface area contributed by atoms with Gasteiger partial charge in [-0.3, -0.25) is 4.79 Å². The fourth-order valence-corrected chi connectivity index (χ4v) is 2.99. The highest BCUT2D eigenvalue weighted by molar-refractivity contribution is 6.31. The van der Waals surface area contributed by atoms with E-state index >= 15 is 0 Å². The van der Waals surface area contributed by atoms with Gasteiger partial charge < -0.3 is 9.88 Å². The molecule has 0 spiro atoms. The van der Waals surface area contributed by atoms with Gasteiger partial charge in [0.15, 0.2) is 0 Å². The first-order valence-electron chi connectivity index (χ1n) is 8.08. The first-order chi connectivity index (χ1) is 11.6. The molecule has 0 unspecified atom stereocenters. The van der Waals surface area contributed by atoms with Crippen molar-refractivity contribution in [2.45, 2.75) is 32.9 Å². The van der Waals surface area contributed by atoms with Gasteiger partial charge in [0, 0.05) is 11.4 Å². The molecule has 0 bridgehead atoms. The van der Waals surface area contributed by atoms with Crippen LogP contribution in [0.15, 0.2) is 48.5 Å². The summed E-state index contributed by atoms with van der Waals surface area (Å²) in [6, 6.07) is 15.6. The third-order valence-electron chi connectivity index (χ3n) is 4.06. The van der Waals surface area contributed by atoms with Crippen LogP contribution in [-0.4, -0.2) is 15.5 Å². The molecule has 0 fully saturated rings. The van der Waals surface area contributed by atoms with Crippen molar-refractivity contribution in [3.63, 3.8) is 0 Å². The Balaban J connectivity index is 2.05. The lowest BCUT2D eigenvalue weighted by atomic mass is 10.2. The molecule has 3 aromatic rings. The minimum atomic E-state index is -0.174. The molecule has 0 radical (unpaired) electrons. The molecule has 1 N–H and O–H groups in total. The summed E-state index contributed by atoms with van der Waals surface area (Å²) >= 11 is 6.33. The number of halogens is 1. The van der Waals surface area contributed by atoms with Gasteiger partial charge in [-0.05, 0) is 30.7 Å². The number of imidazole rings is 1. The van der Waals surface area contributed by atoms with Gasteiger partial charge in [0.05, 0.1) is 23.6 Å². The number of rotatable bonds is 5. The Morgan fingerprint density at radius 2 is 1.92 bits per heavy atom. The average Bonchev–Trinajstić information content (AvgIpc) is 2.95. The summed E-state index contributed by atoms with van der Waals surface area (Å²) in [4.78, 5) is 16.5. The molecule has 24 heavy (non-hydrogen) atoms.